The van der Waals surface area contributed by atoms with Crippen LogP contribution in [0.25, 0.3) is 10.4 Å². The fourth-order valence-corrected chi connectivity index (χ4v) is 5.30. The van der Waals surface area contributed by atoms with Gasteiger partial charge in [0.2, 0.25) is 23.6 Å². The van der Waals surface area contributed by atoms with Crippen molar-refractivity contribution in [3.8, 4) is 5.75 Å². The van der Waals surface area contributed by atoms with Crippen LogP contribution in [0.2, 0.25) is 0 Å². The van der Waals surface area contributed by atoms with Gasteiger partial charge in [0, 0.05) is 35.8 Å². The van der Waals surface area contributed by atoms with Crippen LogP contribution in [0.3, 0.4) is 0 Å². The second kappa shape index (κ2) is 38.8. The molecule has 390 valence electrons. The maximum atomic E-state index is 13.1. The number of carbonyl (C=O) groups is 5. The minimum atomic E-state index is -1.02. The third-order valence-corrected chi connectivity index (χ3v) is 8.88. The molecule has 2 rings (SSSR count). The number of nitro groups is 1. The van der Waals surface area contributed by atoms with E-state index in [2.05, 4.69) is 31.3 Å². The molecule has 2 aromatic carbocycles. The molecule has 0 unspecified atom stereocenters. The van der Waals surface area contributed by atoms with Crippen LogP contribution in [0.5, 0.6) is 5.75 Å². The quantitative estimate of drug-likeness (QED) is 0.0109. The minimum absolute atomic E-state index is 0.0698. The molecule has 2 aromatic rings. The number of ether oxygens (including phenoxy) is 11. The molecule has 70 heavy (non-hydrogen) atoms. The lowest BCUT2D eigenvalue weighted by molar-refractivity contribution is -0.384. The molecule has 0 spiro atoms. The molecule has 0 aromatic heterocycles. The van der Waals surface area contributed by atoms with Gasteiger partial charge < -0.3 is 73.4 Å². The predicted molar refractivity (Wildman–Crippen MR) is 248 cm³/mol. The summed E-state index contributed by atoms with van der Waals surface area (Å²) in [5.41, 5.74) is 8.97. The van der Waals surface area contributed by atoms with Crippen molar-refractivity contribution in [1.29, 1.82) is 0 Å². The number of azide groups is 1. The number of non-ortho nitro benzene ring substituents is 1. The Morgan fingerprint density at radius 1 is 0.629 bits per heavy atom. The van der Waals surface area contributed by atoms with Gasteiger partial charge in [0.05, 0.1) is 111 Å². The van der Waals surface area contributed by atoms with E-state index in [1.54, 1.807) is 38.1 Å². The van der Waals surface area contributed by atoms with E-state index < -0.39 is 60.0 Å². The van der Waals surface area contributed by atoms with Crippen molar-refractivity contribution < 1.29 is 81.0 Å². The van der Waals surface area contributed by atoms with Crippen molar-refractivity contribution in [3.05, 3.63) is 74.7 Å². The smallest absolute Gasteiger partial charge is 0.429 e. The fourth-order valence-electron chi connectivity index (χ4n) is 5.30. The average Bonchev–Trinajstić information content (AvgIpc) is 3.33. The van der Waals surface area contributed by atoms with Crippen molar-refractivity contribution >= 4 is 41.2 Å². The highest BCUT2D eigenvalue weighted by Crippen LogP contribution is 2.18. The summed E-state index contributed by atoms with van der Waals surface area (Å²) in [7, 11) is 0. The summed E-state index contributed by atoms with van der Waals surface area (Å²) in [5.74, 6) is -2.53. The van der Waals surface area contributed by atoms with E-state index in [-0.39, 0.29) is 37.1 Å². The number of rotatable bonds is 41. The predicted octanol–water partition coefficient (Wildman–Crippen LogP) is 2.47. The first-order valence-corrected chi connectivity index (χ1v) is 22.4. The van der Waals surface area contributed by atoms with Crippen LogP contribution in [0.15, 0.2) is 53.6 Å². The van der Waals surface area contributed by atoms with Gasteiger partial charge >= 0.3 is 6.16 Å². The van der Waals surface area contributed by atoms with Crippen LogP contribution < -0.4 is 26.0 Å². The van der Waals surface area contributed by atoms with Crippen molar-refractivity contribution in [1.82, 2.24) is 16.0 Å². The lowest BCUT2D eigenvalue weighted by Gasteiger charge is -2.23. The Balaban J connectivity index is 1.43. The number of anilines is 1. The molecular weight excluding hydrogens is 929 g/mol. The molecule has 26 heteroatoms. The molecule has 0 saturated carbocycles. The SMILES string of the molecule is CC(C)[C@H](NC(=O)COCC(=O)NCCOCCOCCOCCOCCOCCOCCOCCOCCN=[N+]=[N-])C(=O)N[C@@H](C)C(=O)Nc1ccc(COC(=O)Oc2ccc([N+](=O)[O-])cc2)cc1. The standard InChI is InChI=1S/C44H66N8O18/c1-33(2)41(43(56)48-34(3)42(55)49-36-6-4-35(5-7-36)30-69-44(57)70-38-10-8-37(9-11-38)52(58)59)50-40(54)32-68-31-39(53)46-12-14-60-16-18-62-20-22-64-24-26-66-28-29-67-27-25-65-23-21-63-19-17-61-15-13-47-51-45/h4-11,33-34,41H,12-32H2,1-3H3,(H,46,53)(H,48,56)(H,49,55)(H,50,54)/t34-,41-/m0/s1. The van der Waals surface area contributed by atoms with Gasteiger partial charge in [-0.05, 0) is 48.2 Å². The highest BCUT2D eigenvalue weighted by molar-refractivity contribution is 5.98. The Kier molecular flexibility index (Phi) is 33.2. The zero-order valence-electron chi connectivity index (χ0n) is 39.8. The van der Waals surface area contributed by atoms with E-state index in [4.69, 9.17) is 57.6 Å². The van der Waals surface area contributed by atoms with Gasteiger partial charge in [0.15, 0.2) is 0 Å². The Hall–Kier alpha value is -6.06. The van der Waals surface area contributed by atoms with E-state index in [9.17, 15) is 34.1 Å². The van der Waals surface area contributed by atoms with Gasteiger partial charge in [-0.1, -0.05) is 31.1 Å². The van der Waals surface area contributed by atoms with Crippen LogP contribution in [0, 0.1) is 16.0 Å². The molecule has 4 N–H and O–H groups in total. The molecule has 0 aliphatic heterocycles. The zero-order chi connectivity index (χ0) is 51.0. The highest BCUT2D eigenvalue weighted by Gasteiger charge is 2.27. The second-order valence-electron chi connectivity index (χ2n) is 14.8. The van der Waals surface area contributed by atoms with Gasteiger partial charge in [-0.2, -0.15) is 0 Å². The first-order chi connectivity index (χ1) is 33.9. The molecule has 0 fully saturated rings. The Bertz CT molecular complexity index is 1860. The molecule has 0 radical (unpaired) electrons. The maximum absolute atomic E-state index is 13.1. The fraction of sp³-hybridized carbons (Fsp3) is 0.614. The number of amides is 4. The van der Waals surface area contributed by atoms with Gasteiger partial charge in [-0.25, -0.2) is 4.79 Å². The summed E-state index contributed by atoms with van der Waals surface area (Å²) in [6.07, 6.45) is -1.02. The first kappa shape index (κ1) is 60.1. The molecule has 0 saturated heterocycles. The summed E-state index contributed by atoms with van der Waals surface area (Å²) in [6.45, 7) is 10.7. The number of carbonyl (C=O) groups excluding carboxylic acids is 5. The molecule has 2 atom stereocenters. The molecule has 4 amide bonds. The summed E-state index contributed by atoms with van der Waals surface area (Å²) in [6, 6.07) is 9.24. The topological polar surface area (TPSA) is 327 Å². The number of nitrogens with one attached hydrogen (secondary N) is 4. The number of nitrogens with zero attached hydrogens (tertiary/aromatic N) is 4. The van der Waals surface area contributed by atoms with E-state index in [1.807, 2.05) is 0 Å². The van der Waals surface area contributed by atoms with E-state index in [0.717, 1.165) is 0 Å². The monoisotopic (exact) mass is 994 g/mol. The van der Waals surface area contributed by atoms with Crippen molar-refractivity contribution in [3.63, 3.8) is 0 Å². The Morgan fingerprint density at radius 3 is 1.60 bits per heavy atom. The van der Waals surface area contributed by atoms with E-state index >= 15 is 0 Å². The summed E-state index contributed by atoms with van der Waals surface area (Å²) >= 11 is 0. The molecule has 26 nitrogen and oxygen atoms in total. The van der Waals surface area contributed by atoms with Gasteiger partial charge in [-0.15, -0.1) is 0 Å². The van der Waals surface area contributed by atoms with Crippen molar-refractivity contribution in [2.24, 2.45) is 11.0 Å². The number of nitro benzene ring substituents is 1. The molecule has 0 aliphatic carbocycles. The number of hydrogen-bond acceptors (Lipinski definition) is 19. The highest BCUT2D eigenvalue weighted by atomic mass is 16.7. The molecule has 0 heterocycles. The Morgan fingerprint density at radius 2 is 1.11 bits per heavy atom. The summed E-state index contributed by atoms with van der Waals surface area (Å²) in [5, 5.41) is 24.6. The van der Waals surface area contributed by atoms with E-state index in [1.165, 1.54) is 31.2 Å². The molecular formula is C44H66N8O18. The van der Waals surface area contributed by atoms with Crippen LogP contribution >= 0.6 is 0 Å². The van der Waals surface area contributed by atoms with Crippen molar-refractivity contribution in [2.75, 3.05) is 137 Å². The van der Waals surface area contributed by atoms with Crippen LogP contribution in [-0.4, -0.2) is 179 Å². The van der Waals surface area contributed by atoms with E-state index in [0.29, 0.717) is 117 Å². The van der Waals surface area contributed by atoms with Crippen LogP contribution in [0.4, 0.5) is 16.2 Å². The minimum Gasteiger partial charge on any atom is -0.429 e. The lowest BCUT2D eigenvalue weighted by Crippen LogP contribution is -2.54. The van der Waals surface area contributed by atoms with Crippen LogP contribution in [-0.2, 0) is 73.2 Å². The van der Waals surface area contributed by atoms with Crippen LogP contribution in [0.1, 0.15) is 26.3 Å². The van der Waals surface area contributed by atoms with Crippen molar-refractivity contribution in [2.45, 2.75) is 39.5 Å². The second-order valence-corrected chi connectivity index (χ2v) is 14.8. The third kappa shape index (κ3) is 30.4. The Labute approximate surface area is 405 Å². The average molecular weight is 995 g/mol. The third-order valence-electron chi connectivity index (χ3n) is 8.88. The normalized spacial score (nSPS) is 11.8. The summed E-state index contributed by atoms with van der Waals surface area (Å²) < 4.78 is 58.5. The molecule has 0 aliphatic rings. The van der Waals surface area contributed by atoms with Gasteiger partial charge in [0.25, 0.3) is 5.69 Å². The van der Waals surface area contributed by atoms with Gasteiger partial charge in [-0.3, -0.25) is 29.3 Å². The summed E-state index contributed by atoms with van der Waals surface area (Å²) in [4.78, 5) is 75.5. The zero-order valence-corrected chi connectivity index (χ0v) is 39.8. The first-order valence-electron chi connectivity index (χ1n) is 22.4. The number of benzene rings is 2. The lowest BCUT2D eigenvalue weighted by atomic mass is 10.0. The van der Waals surface area contributed by atoms with Gasteiger partial charge in [0.1, 0.15) is 37.7 Å². The largest absolute Gasteiger partial charge is 0.514 e. The number of hydrogen-bond donors (Lipinski definition) is 4. The maximum Gasteiger partial charge on any atom is 0.514 e. The molecule has 0 bridgehead atoms.